The second kappa shape index (κ2) is 13.6. The Hall–Kier alpha value is -3.64. The summed E-state index contributed by atoms with van der Waals surface area (Å²) in [5.41, 5.74) is -1.21. The van der Waals surface area contributed by atoms with Crippen LogP contribution in [-0.2, 0) is 24.3 Å². The van der Waals surface area contributed by atoms with Gasteiger partial charge in [0.1, 0.15) is 29.6 Å². The first-order chi connectivity index (χ1) is 18.4. The summed E-state index contributed by atoms with van der Waals surface area (Å²) in [6.45, 7) is 11.9. The van der Waals surface area contributed by atoms with Crippen LogP contribution in [0.2, 0.25) is 0 Å². The van der Waals surface area contributed by atoms with Gasteiger partial charge in [-0.05, 0) is 84.9 Å². The Morgan fingerprint density at radius 2 is 1.43 bits per heavy atom. The fourth-order valence-corrected chi connectivity index (χ4v) is 4.38. The molecule has 3 N–H and O–H groups in total. The van der Waals surface area contributed by atoms with E-state index >= 15 is 0 Å². The van der Waals surface area contributed by atoms with Crippen molar-refractivity contribution in [2.75, 3.05) is 13.2 Å². The van der Waals surface area contributed by atoms with Crippen molar-refractivity contribution in [3.63, 3.8) is 0 Å². The van der Waals surface area contributed by atoms with E-state index in [9.17, 15) is 22.8 Å². The molecular formula is C28H39N3O8S. The Kier molecular flexibility index (Phi) is 11.1. The van der Waals surface area contributed by atoms with Crippen molar-refractivity contribution in [2.24, 2.45) is 0 Å². The quantitative estimate of drug-likeness (QED) is 0.344. The van der Waals surface area contributed by atoms with E-state index in [4.69, 9.17) is 14.2 Å². The van der Waals surface area contributed by atoms with Gasteiger partial charge in [0.2, 0.25) is 10.0 Å². The molecule has 2 amide bonds. The van der Waals surface area contributed by atoms with E-state index < -0.39 is 45.2 Å². The van der Waals surface area contributed by atoms with Gasteiger partial charge < -0.3 is 24.8 Å². The van der Waals surface area contributed by atoms with Crippen LogP contribution >= 0.6 is 0 Å². The van der Waals surface area contributed by atoms with Crippen LogP contribution in [0.4, 0.5) is 4.79 Å². The number of hydrogen-bond acceptors (Lipinski definition) is 8. The van der Waals surface area contributed by atoms with Gasteiger partial charge >= 0.3 is 12.1 Å². The monoisotopic (exact) mass is 577 g/mol. The second-order valence-corrected chi connectivity index (χ2v) is 12.8. The molecule has 0 spiro atoms. The summed E-state index contributed by atoms with van der Waals surface area (Å²) in [5.74, 6) is -0.888. The Morgan fingerprint density at radius 1 is 0.850 bits per heavy atom. The van der Waals surface area contributed by atoms with Gasteiger partial charge in [0.05, 0.1) is 10.9 Å². The molecule has 2 aromatic carbocycles. The summed E-state index contributed by atoms with van der Waals surface area (Å²) < 4.78 is 44.2. The van der Waals surface area contributed by atoms with Gasteiger partial charge in [-0.15, -0.1) is 0 Å². The number of carbonyl (C=O) groups excluding carboxylic acids is 3. The molecular weight excluding hydrogens is 538 g/mol. The van der Waals surface area contributed by atoms with Crippen molar-refractivity contribution in [3.05, 3.63) is 60.2 Å². The SMILES string of the molecule is C[C@@H](COc1ccc(C(=O)NC[C@H](NS(=O)(=O)c2ccccc2)C(=O)OC(C)(C)C)cc1)NC(=O)OC(C)(C)C. The third kappa shape index (κ3) is 11.6. The highest BCUT2D eigenvalue weighted by molar-refractivity contribution is 7.89. The number of nitrogens with one attached hydrogen (secondary N) is 3. The van der Waals surface area contributed by atoms with E-state index in [0.717, 1.165) is 0 Å². The molecule has 0 fully saturated rings. The van der Waals surface area contributed by atoms with Gasteiger partial charge in [-0.2, -0.15) is 4.72 Å². The first-order valence-corrected chi connectivity index (χ1v) is 14.2. The lowest BCUT2D eigenvalue weighted by Gasteiger charge is -2.24. The highest BCUT2D eigenvalue weighted by Crippen LogP contribution is 2.14. The average Bonchev–Trinajstić information content (AvgIpc) is 2.83. The van der Waals surface area contributed by atoms with E-state index in [2.05, 4.69) is 15.4 Å². The molecule has 2 aromatic rings. The number of esters is 1. The summed E-state index contributed by atoms with van der Waals surface area (Å²) in [7, 11) is -4.06. The molecule has 40 heavy (non-hydrogen) atoms. The second-order valence-electron chi connectivity index (χ2n) is 11.1. The van der Waals surface area contributed by atoms with Crippen molar-refractivity contribution < 1.29 is 37.0 Å². The van der Waals surface area contributed by atoms with E-state index in [1.165, 1.54) is 24.3 Å². The Labute approximate surface area is 236 Å². The molecule has 0 heterocycles. The fourth-order valence-electron chi connectivity index (χ4n) is 3.17. The van der Waals surface area contributed by atoms with Gasteiger partial charge in [-0.25, -0.2) is 13.2 Å². The van der Waals surface area contributed by atoms with E-state index in [1.54, 1.807) is 78.8 Å². The molecule has 220 valence electrons. The molecule has 0 aliphatic carbocycles. The molecule has 0 saturated carbocycles. The lowest BCUT2D eigenvalue weighted by molar-refractivity contribution is -0.156. The minimum atomic E-state index is -4.06. The standard InChI is InChI=1S/C28H39N3O8S/c1-19(30-26(34)39-28(5,6)7)18-37-21-15-13-20(14-16-21)24(32)29-17-23(25(33)38-27(2,3)4)31-40(35,36)22-11-9-8-10-12-22/h8-16,19,23,31H,17-18H2,1-7H3,(H,29,32)(H,30,34)/t19-,23-/m0/s1. The van der Waals surface area contributed by atoms with Crippen LogP contribution in [0.1, 0.15) is 58.8 Å². The molecule has 0 unspecified atom stereocenters. The molecule has 2 atom stereocenters. The van der Waals surface area contributed by atoms with Crippen molar-refractivity contribution in [2.45, 2.75) is 76.6 Å². The Balaban J connectivity index is 1.99. The number of alkyl carbamates (subject to hydrolysis) is 1. The summed E-state index contributed by atoms with van der Waals surface area (Å²) in [6, 6.07) is 12.1. The maximum atomic E-state index is 12.8. The lowest BCUT2D eigenvalue weighted by atomic mass is 10.2. The van der Waals surface area contributed by atoms with Crippen molar-refractivity contribution in [1.29, 1.82) is 0 Å². The normalized spacial score (nSPS) is 13.5. The lowest BCUT2D eigenvalue weighted by Crippen LogP contribution is -2.50. The van der Waals surface area contributed by atoms with E-state index in [-0.39, 0.29) is 29.7 Å². The van der Waals surface area contributed by atoms with Crippen LogP contribution in [0.5, 0.6) is 5.75 Å². The van der Waals surface area contributed by atoms with Gasteiger partial charge in [0.25, 0.3) is 5.91 Å². The number of sulfonamides is 1. The first kappa shape index (κ1) is 32.6. The topological polar surface area (TPSA) is 149 Å². The van der Waals surface area contributed by atoms with Crippen LogP contribution in [0, 0.1) is 0 Å². The largest absolute Gasteiger partial charge is 0.491 e. The number of benzene rings is 2. The third-order valence-corrected chi connectivity index (χ3v) is 6.38. The van der Waals surface area contributed by atoms with Crippen LogP contribution < -0.4 is 20.1 Å². The molecule has 0 radical (unpaired) electrons. The van der Waals surface area contributed by atoms with Crippen molar-refractivity contribution in [3.8, 4) is 5.75 Å². The number of ether oxygens (including phenoxy) is 3. The molecule has 2 rings (SSSR count). The maximum absolute atomic E-state index is 12.8. The minimum Gasteiger partial charge on any atom is -0.491 e. The summed E-state index contributed by atoms with van der Waals surface area (Å²) in [6.07, 6.45) is -0.550. The number of carbonyl (C=O) groups is 3. The van der Waals surface area contributed by atoms with E-state index in [0.29, 0.717) is 5.75 Å². The predicted molar refractivity (Wildman–Crippen MR) is 149 cm³/mol. The zero-order valence-electron chi connectivity index (χ0n) is 23.9. The first-order valence-electron chi connectivity index (χ1n) is 12.8. The van der Waals surface area contributed by atoms with E-state index in [1.807, 2.05) is 0 Å². The molecule has 0 bridgehead atoms. The zero-order valence-corrected chi connectivity index (χ0v) is 24.8. The highest BCUT2D eigenvalue weighted by atomic mass is 32.2. The molecule has 12 heteroatoms. The maximum Gasteiger partial charge on any atom is 0.407 e. The van der Waals surface area contributed by atoms with Crippen LogP contribution in [0.3, 0.4) is 0 Å². The number of amides is 2. The number of rotatable bonds is 11. The van der Waals surface area contributed by atoms with Crippen LogP contribution in [0.15, 0.2) is 59.5 Å². The predicted octanol–water partition coefficient (Wildman–Crippen LogP) is 3.40. The number of hydrogen-bond donors (Lipinski definition) is 3. The average molecular weight is 578 g/mol. The van der Waals surface area contributed by atoms with Gasteiger partial charge in [0.15, 0.2) is 0 Å². The highest BCUT2D eigenvalue weighted by Gasteiger charge is 2.30. The van der Waals surface area contributed by atoms with Gasteiger partial charge in [-0.1, -0.05) is 18.2 Å². The molecule has 0 aromatic heterocycles. The molecule has 0 saturated heterocycles. The minimum absolute atomic E-state index is 0.0268. The van der Waals surface area contributed by atoms with Crippen LogP contribution in [-0.4, -0.2) is 62.8 Å². The molecule has 11 nitrogen and oxygen atoms in total. The Morgan fingerprint density at radius 3 is 1.98 bits per heavy atom. The van der Waals surface area contributed by atoms with Crippen molar-refractivity contribution in [1.82, 2.24) is 15.4 Å². The zero-order chi connectivity index (χ0) is 30.1. The Bertz CT molecular complexity index is 1250. The van der Waals surface area contributed by atoms with Crippen LogP contribution in [0.25, 0.3) is 0 Å². The van der Waals surface area contributed by atoms with Crippen molar-refractivity contribution >= 4 is 28.0 Å². The molecule has 0 aliphatic heterocycles. The summed E-state index contributed by atoms with van der Waals surface area (Å²) in [4.78, 5) is 37.4. The van der Waals surface area contributed by atoms with Gasteiger partial charge in [0, 0.05) is 12.1 Å². The van der Waals surface area contributed by atoms with Gasteiger partial charge in [-0.3, -0.25) is 9.59 Å². The summed E-state index contributed by atoms with van der Waals surface area (Å²) >= 11 is 0. The summed E-state index contributed by atoms with van der Waals surface area (Å²) in [5, 5.41) is 5.26. The smallest absolute Gasteiger partial charge is 0.407 e. The fraction of sp³-hybridized carbons (Fsp3) is 0.464. The molecule has 0 aliphatic rings. The third-order valence-electron chi connectivity index (χ3n) is 4.89.